The molecule has 0 spiro atoms. The van der Waals surface area contributed by atoms with E-state index in [0.29, 0.717) is 0 Å². The molecule has 128 valence electrons. The van der Waals surface area contributed by atoms with Crippen LogP contribution in [-0.2, 0) is 6.42 Å². The van der Waals surface area contributed by atoms with Crippen LogP contribution in [0.5, 0.6) is 0 Å². The van der Waals surface area contributed by atoms with Gasteiger partial charge < -0.3 is 0 Å². The minimum absolute atomic E-state index is 0.722. The number of hydrogen-bond acceptors (Lipinski definition) is 1. The van der Waals surface area contributed by atoms with E-state index in [1.54, 1.807) is 6.08 Å². The molecule has 0 amide bonds. The molecular formula is C22H28FN. The van der Waals surface area contributed by atoms with Crippen molar-refractivity contribution in [3.05, 3.63) is 59.4 Å². The van der Waals surface area contributed by atoms with Gasteiger partial charge >= 0.3 is 0 Å². The van der Waals surface area contributed by atoms with Crippen LogP contribution in [0.3, 0.4) is 0 Å². The summed E-state index contributed by atoms with van der Waals surface area (Å²) in [6.07, 6.45) is 14.5. The summed E-state index contributed by atoms with van der Waals surface area (Å²) in [5, 5.41) is 8.33. The van der Waals surface area contributed by atoms with Gasteiger partial charge in [0.15, 0.2) is 5.83 Å². The van der Waals surface area contributed by atoms with Crippen molar-refractivity contribution in [3.63, 3.8) is 0 Å². The lowest BCUT2D eigenvalue weighted by Crippen LogP contribution is -2.13. The van der Waals surface area contributed by atoms with E-state index in [2.05, 4.69) is 31.2 Å². The Morgan fingerprint density at radius 2 is 1.92 bits per heavy atom. The molecule has 2 heteroatoms. The first-order valence-electron chi connectivity index (χ1n) is 9.24. The van der Waals surface area contributed by atoms with Crippen molar-refractivity contribution in [2.45, 2.75) is 64.2 Å². The van der Waals surface area contributed by atoms with Gasteiger partial charge in [-0.15, -0.1) is 0 Å². The lowest BCUT2D eigenvalue weighted by molar-refractivity contribution is 0.312. The topological polar surface area (TPSA) is 23.8 Å². The Kier molecular flexibility index (Phi) is 7.75. The molecule has 0 aromatic heterocycles. The summed E-state index contributed by atoms with van der Waals surface area (Å²) in [6, 6.07) is 10.7. The molecule has 0 aliphatic heterocycles. The average Bonchev–Trinajstić information content (AvgIpc) is 2.63. The SMILES string of the molecule is CCCc1ccc([C@H]2CC[C@H](CC/C=C/C=C(\F)C#N)CC2)cc1. The Morgan fingerprint density at radius 1 is 1.21 bits per heavy atom. The van der Waals surface area contributed by atoms with Gasteiger partial charge in [-0.1, -0.05) is 49.8 Å². The monoisotopic (exact) mass is 325 g/mol. The highest BCUT2D eigenvalue weighted by Gasteiger charge is 2.21. The maximum atomic E-state index is 12.6. The van der Waals surface area contributed by atoms with E-state index < -0.39 is 5.83 Å². The smallest absolute Gasteiger partial charge is 0.195 e. The Bertz CT molecular complexity index is 583. The lowest BCUT2D eigenvalue weighted by Gasteiger charge is -2.28. The fourth-order valence-corrected chi connectivity index (χ4v) is 3.65. The molecule has 1 aliphatic rings. The van der Waals surface area contributed by atoms with Crippen molar-refractivity contribution in [1.29, 1.82) is 5.26 Å². The summed E-state index contributed by atoms with van der Waals surface area (Å²) >= 11 is 0. The van der Waals surface area contributed by atoms with Crippen molar-refractivity contribution in [2.24, 2.45) is 5.92 Å². The van der Waals surface area contributed by atoms with Crippen LogP contribution < -0.4 is 0 Å². The van der Waals surface area contributed by atoms with E-state index in [0.717, 1.165) is 18.3 Å². The molecule has 1 aliphatic carbocycles. The average molecular weight is 325 g/mol. The van der Waals surface area contributed by atoms with Crippen LogP contribution in [0.15, 0.2) is 48.3 Å². The van der Waals surface area contributed by atoms with Crippen LogP contribution >= 0.6 is 0 Å². The molecule has 0 unspecified atom stereocenters. The van der Waals surface area contributed by atoms with Gasteiger partial charge in [0, 0.05) is 0 Å². The van der Waals surface area contributed by atoms with Gasteiger partial charge in [-0.05, 0) is 74.0 Å². The molecule has 1 aromatic rings. The Hall–Kier alpha value is -1.88. The minimum atomic E-state index is -0.725. The lowest BCUT2D eigenvalue weighted by atomic mass is 9.77. The minimum Gasteiger partial charge on any atom is -0.195 e. The normalized spacial score (nSPS) is 21.8. The van der Waals surface area contributed by atoms with Gasteiger partial charge in [-0.25, -0.2) is 0 Å². The Labute approximate surface area is 145 Å². The Morgan fingerprint density at radius 3 is 2.54 bits per heavy atom. The van der Waals surface area contributed by atoms with E-state index in [4.69, 9.17) is 5.26 Å². The van der Waals surface area contributed by atoms with Crippen LogP contribution in [0, 0.1) is 17.2 Å². The molecule has 1 saturated carbocycles. The molecule has 0 bridgehead atoms. The second-order valence-electron chi connectivity index (χ2n) is 6.84. The largest absolute Gasteiger partial charge is 0.199 e. The number of allylic oxidation sites excluding steroid dienone is 4. The summed E-state index contributed by atoms with van der Waals surface area (Å²) in [4.78, 5) is 0. The predicted molar refractivity (Wildman–Crippen MR) is 98.3 cm³/mol. The zero-order chi connectivity index (χ0) is 17.2. The number of nitrogens with zero attached hydrogens (tertiary/aromatic N) is 1. The standard InChI is InChI=1S/C22H28FN/c1-2-6-18-9-13-20(14-10-18)21-15-11-19(12-16-21)7-4-3-5-8-22(23)17-24/h3,5,8-10,13-14,19,21H,2,4,6-7,11-12,15-16H2,1H3/b5-3+,22-8-/t19-,21-. The maximum absolute atomic E-state index is 12.6. The molecule has 1 aromatic carbocycles. The molecule has 0 radical (unpaired) electrons. The summed E-state index contributed by atoms with van der Waals surface area (Å²) in [6.45, 7) is 2.22. The van der Waals surface area contributed by atoms with Crippen molar-refractivity contribution in [2.75, 3.05) is 0 Å². The van der Waals surface area contributed by atoms with Gasteiger partial charge in [0.1, 0.15) is 6.07 Å². The summed E-state index contributed by atoms with van der Waals surface area (Å²) in [7, 11) is 0. The van der Waals surface area contributed by atoms with Crippen molar-refractivity contribution < 1.29 is 4.39 Å². The molecule has 2 rings (SSSR count). The van der Waals surface area contributed by atoms with Crippen LogP contribution in [0.4, 0.5) is 4.39 Å². The zero-order valence-electron chi connectivity index (χ0n) is 14.7. The van der Waals surface area contributed by atoms with Crippen LogP contribution in [0.25, 0.3) is 0 Å². The number of nitriles is 1. The van der Waals surface area contributed by atoms with Crippen molar-refractivity contribution >= 4 is 0 Å². The number of aryl methyl sites for hydroxylation is 1. The first-order valence-corrected chi connectivity index (χ1v) is 9.24. The molecule has 0 N–H and O–H groups in total. The van der Waals surface area contributed by atoms with E-state index in [1.165, 1.54) is 68.2 Å². The molecule has 0 saturated heterocycles. The molecular weight excluding hydrogens is 297 g/mol. The highest BCUT2D eigenvalue weighted by Crippen LogP contribution is 2.37. The van der Waals surface area contributed by atoms with Gasteiger partial charge in [-0.3, -0.25) is 0 Å². The highest BCUT2D eigenvalue weighted by molar-refractivity contribution is 5.26. The summed E-state index contributed by atoms with van der Waals surface area (Å²) in [5.74, 6) is 0.784. The molecule has 1 fully saturated rings. The van der Waals surface area contributed by atoms with E-state index in [-0.39, 0.29) is 0 Å². The summed E-state index contributed by atoms with van der Waals surface area (Å²) < 4.78 is 12.6. The number of halogens is 1. The maximum Gasteiger partial charge on any atom is 0.199 e. The third-order valence-electron chi connectivity index (χ3n) is 5.06. The highest BCUT2D eigenvalue weighted by atomic mass is 19.1. The summed E-state index contributed by atoms with van der Waals surface area (Å²) in [5.41, 5.74) is 2.95. The van der Waals surface area contributed by atoms with Crippen LogP contribution in [0.2, 0.25) is 0 Å². The number of rotatable bonds is 7. The fraction of sp³-hybridized carbons (Fsp3) is 0.500. The van der Waals surface area contributed by atoms with Gasteiger partial charge in [-0.2, -0.15) is 9.65 Å². The molecule has 0 atom stereocenters. The molecule has 24 heavy (non-hydrogen) atoms. The van der Waals surface area contributed by atoms with E-state index in [9.17, 15) is 4.39 Å². The third kappa shape index (κ3) is 5.96. The van der Waals surface area contributed by atoms with Crippen LogP contribution in [0.1, 0.15) is 68.9 Å². The van der Waals surface area contributed by atoms with E-state index in [1.807, 2.05) is 6.08 Å². The van der Waals surface area contributed by atoms with Crippen molar-refractivity contribution in [3.8, 4) is 6.07 Å². The molecule has 0 heterocycles. The van der Waals surface area contributed by atoms with Gasteiger partial charge in [0.05, 0.1) is 0 Å². The molecule has 1 nitrogen and oxygen atoms in total. The van der Waals surface area contributed by atoms with Crippen LogP contribution in [-0.4, -0.2) is 0 Å². The first kappa shape index (κ1) is 18.5. The predicted octanol–water partition coefficient (Wildman–Crippen LogP) is 6.63. The fourth-order valence-electron chi connectivity index (χ4n) is 3.65. The quantitative estimate of drug-likeness (QED) is 0.408. The second kappa shape index (κ2) is 10.1. The van der Waals surface area contributed by atoms with Gasteiger partial charge in [0.2, 0.25) is 0 Å². The van der Waals surface area contributed by atoms with E-state index >= 15 is 0 Å². The van der Waals surface area contributed by atoms with Crippen molar-refractivity contribution in [1.82, 2.24) is 0 Å². The number of benzene rings is 1. The first-order chi connectivity index (χ1) is 11.7. The third-order valence-corrected chi connectivity index (χ3v) is 5.06. The van der Waals surface area contributed by atoms with Gasteiger partial charge in [0.25, 0.3) is 0 Å². The second-order valence-corrected chi connectivity index (χ2v) is 6.84. The zero-order valence-corrected chi connectivity index (χ0v) is 14.7. The number of hydrogen-bond donors (Lipinski definition) is 0. The Balaban J connectivity index is 1.72.